The fraction of sp³-hybridized carbons (Fsp3) is 0.522. The number of nitrogens with zero attached hydrogens (tertiary/aromatic N) is 3. The molecule has 1 amide bonds. The Bertz CT molecular complexity index is 941. The SMILES string of the molecule is Nc1ncc(-c2cccc(C(F)(F)F)c2)c([C@H]2CCCCN2C(=O)C2CCCCC2)n1. The van der Waals surface area contributed by atoms with Crippen molar-refractivity contribution in [2.45, 2.75) is 63.6 Å². The molecule has 0 spiro atoms. The summed E-state index contributed by atoms with van der Waals surface area (Å²) < 4.78 is 39.8. The molecule has 8 heteroatoms. The quantitative estimate of drug-likeness (QED) is 0.707. The molecule has 0 bridgehead atoms. The van der Waals surface area contributed by atoms with Gasteiger partial charge in [-0.3, -0.25) is 4.79 Å². The Hall–Kier alpha value is -2.64. The minimum atomic E-state index is -4.45. The molecule has 2 fully saturated rings. The number of anilines is 1. The lowest BCUT2D eigenvalue weighted by Crippen LogP contribution is -2.43. The van der Waals surface area contributed by atoms with E-state index in [1.54, 1.807) is 6.07 Å². The fourth-order valence-electron chi connectivity index (χ4n) is 4.81. The second-order valence-electron chi connectivity index (χ2n) is 8.48. The van der Waals surface area contributed by atoms with Gasteiger partial charge in [0.1, 0.15) is 0 Å². The predicted molar refractivity (Wildman–Crippen MR) is 112 cm³/mol. The minimum absolute atomic E-state index is 0.0190. The molecule has 31 heavy (non-hydrogen) atoms. The van der Waals surface area contributed by atoms with Crippen molar-refractivity contribution in [1.82, 2.24) is 14.9 Å². The molecule has 2 heterocycles. The summed E-state index contributed by atoms with van der Waals surface area (Å²) in [7, 11) is 0. The van der Waals surface area contributed by atoms with Crippen LogP contribution in [0.25, 0.3) is 11.1 Å². The molecule has 1 saturated carbocycles. The first-order valence-corrected chi connectivity index (χ1v) is 10.9. The standard InChI is InChI=1S/C23H27F3N4O/c24-23(25,26)17-10-6-9-16(13-17)18-14-28-22(27)29-20(18)19-11-4-5-12-30(19)21(31)15-7-2-1-3-8-15/h6,9-10,13-15,19H,1-5,7-8,11-12H2,(H2,27,28,29)/t19-/m1/s1. The Balaban J connectivity index is 1.73. The van der Waals surface area contributed by atoms with Crippen LogP contribution in [0.3, 0.4) is 0 Å². The number of likely N-dealkylation sites (tertiary alicyclic amines) is 1. The molecule has 0 radical (unpaired) electrons. The lowest BCUT2D eigenvalue weighted by atomic mass is 9.86. The van der Waals surface area contributed by atoms with Crippen molar-refractivity contribution in [3.63, 3.8) is 0 Å². The van der Waals surface area contributed by atoms with E-state index in [4.69, 9.17) is 5.73 Å². The summed E-state index contributed by atoms with van der Waals surface area (Å²) in [5, 5.41) is 0. The van der Waals surface area contributed by atoms with Gasteiger partial charge in [-0.05, 0) is 49.8 Å². The average Bonchev–Trinajstić information content (AvgIpc) is 2.78. The second kappa shape index (κ2) is 8.85. The van der Waals surface area contributed by atoms with Crippen LogP contribution >= 0.6 is 0 Å². The van der Waals surface area contributed by atoms with E-state index in [-0.39, 0.29) is 23.8 Å². The van der Waals surface area contributed by atoms with Crippen LogP contribution in [-0.2, 0) is 11.0 Å². The Morgan fingerprint density at radius 1 is 1.06 bits per heavy atom. The van der Waals surface area contributed by atoms with Crippen molar-refractivity contribution in [3.05, 3.63) is 41.7 Å². The average molecular weight is 432 g/mol. The van der Waals surface area contributed by atoms with Crippen molar-refractivity contribution in [1.29, 1.82) is 0 Å². The summed E-state index contributed by atoms with van der Waals surface area (Å²) in [5.74, 6) is 0.212. The molecule has 2 N–H and O–H groups in total. The smallest absolute Gasteiger partial charge is 0.368 e. The number of amides is 1. The maximum absolute atomic E-state index is 13.4. The molecule has 1 aliphatic heterocycles. The maximum Gasteiger partial charge on any atom is 0.416 e. The highest BCUT2D eigenvalue weighted by Gasteiger charge is 2.36. The van der Waals surface area contributed by atoms with Crippen LogP contribution in [0.4, 0.5) is 19.1 Å². The summed E-state index contributed by atoms with van der Waals surface area (Å²) in [5.41, 5.74) is 6.55. The summed E-state index contributed by atoms with van der Waals surface area (Å²) in [6.07, 6.45) is 4.65. The Kier molecular flexibility index (Phi) is 6.16. The first-order valence-electron chi connectivity index (χ1n) is 10.9. The zero-order valence-electron chi connectivity index (χ0n) is 17.4. The van der Waals surface area contributed by atoms with Gasteiger partial charge in [-0.25, -0.2) is 9.97 Å². The van der Waals surface area contributed by atoms with Gasteiger partial charge in [0.05, 0.1) is 17.3 Å². The molecule has 0 unspecified atom stereocenters. The van der Waals surface area contributed by atoms with Crippen LogP contribution in [-0.4, -0.2) is 27.3 Å². The number of aromatic nitrogens is 2. The Morgan fingerprint density at radius 2 is 1.81 bits per heavy atom. The number of halogens is 3. The highest BCUT2D eigenvalue weighted by molar-refractivity contribution is 5.80. The summed E-state index contributed by atoms with van der Waals surface area (Å²) in [6, 6.07) is 4.83. The third-order valence-corrected chi connectivity index (χ3v) is 6.39. The molecular formula is C23H27F3N4O. The van der Waals surface area contributed by atoms with Gasteiger partial charge in [0.2, 0.25) is 11.9 Å². The van der Waals surface area contributed by atoms with Gasteiger partial charge in [0.15, 0.2) is 0 Å². The van der Waals surface area contributed by atoms with Gasteiger partial charge in [-0.1, -0.05) is 31.4 Å². The second-order valence-corrected chi connectivity index (χ2v) is 8.48. The Morgan fingerprint density at radius 3 is 2.55 bits per heavy atom. The van der Waals surface area contributed by atoms with Crippen LogP contribution in [0.2, 0.25) is 0 Å². The summed E-state index contributed by atoms with van der Waals surface area (Å²) in [4.78, 5) is 23.7. The van der Waals surface area contributed by atoms with Gasteiger partial charge < -0.3 is 10.6 Å². The highest BCUT2D eigenvalue weighted by atomic mass is 19.4. The van der Waals surface area contributed by atoms with Gasteiger partial charge in [-0.2, -0.15) is 13.2 Å². The third-order valence-electron chi connectivity index (χ3n) is 6.39. The number of alkyl halides is 3. The molecule has 4 rings (SSSR count). The first-order chi connectivity index (χ1) is 14.8. The summed E-state index contributed by atoms with van der Waals surface area (Å²) >= 11 is 0. The zero-order valence-corrected chi connectivity index (χ0v) is 17.4. The molecular weight excluding hydrogens is 405 g/mol. The zero-order chi connectivity index (χ0) is 22.0. The van der Waals surface area contributed by atoms with Gasteiger partial charge in [0.25, 0.3) is 0 Å². The topological polar surface area (TPSA) is 72.1 Å². The number of piperidine rings is 1. The molecule has 2 aromatic rings. The number of hydrogen-bond acceptors (Lipinski definition) is 4. The monoisotopic (exact) mass is 432 g/mol. The van der Waals surface area contributed by atoms with E-state index in [1.807, 2.05) is 4.90 Å². The number of hydrogen-bond donors (Lipinski definition) is 1. The van der Waals surface area contributed by atoms with E-state index in [2.05, 4.69) is 9.97 Å². The normalized spacial score (nSPS) is 20.6. The lowest BCUT2D eigenvalue weighted by Gasteiger charge is -2.39. The van der Waals surface area contributed by atoms with Crippen molar-refractivity contribution < 1.29 is 18.0 Å². The molecule has 1 aromatic carbocycles. The number of benzene rings is 1. The number of nitrogens with two attached hydrogens (primary N) is 1. The van der Waals surface area contributed by atoms with Crippen LogP contribution < -0.4 is 5.73 Å². The fourth-order valence-corrected chi connectivity index (χ4v) is 4.81. The number of carbonyl (C=O) groups is 1. The molecule has 1 saturated heterocycles. The molecule has 5 nitrogen and oxygen atoms in total. The lowest BCUT2D eigenvalue weighted by molar-refractivity contribution is -0.140. The largest absolute Gasteiger partial charge is 0.416 e. The van der Waals surface area contributed by atoms with Crippen LogP contribution in [0.5, 0.6) is 0 Å². The first kappa shape index (κ1) is 21.6. The van der Waals surface area contributed by atoms with Crippen LogP contribution in [0, 0.1) is 5.92 Å². The van der Waals surface area contributed by atoms with E-state index in [9.17, 15) is 18.0 Å². The van der Waals surface area contributed by atoms with Crippen molar-refractivity contribution in [2.75, 3.05) is 12.3 Å². The highest BCUT2D eigenvalue weighted by Crippen LogP contribution is 2.39. The number of carbonyl (C=O) groups excluding carboxylic acids is 1. The molecule has 166 valence electrons. The van der Waals surface area contributed by atoms with Gasteiger partial charge in [0, 0.05) is 24.2 Å². The molecule has 2 aliphatic rings. The Labute approximate surface area is 179 Å². The van der Waals surface area contributed by atoms with Crippen molar-refractivity contribution >= 4 is 11.9 Å². The van der Waals surface area contributed by atoms with Crippen molar-refractivity contribution in [2.24, 2.45) is 5.92 Å². The molecule has 1 aliphatic carbocycles. The van der Waals surface area contributed by atoms with Crippen LogP contribution in [0.15, 0.2) is 30.5 Å². The number of nitrogen functional groups attached to an aromatic ring is 1. The molecule has 1 atom stereocenters. The van der Waals surface area contributed by atoms with Crippen LogP contribution in [0.1, 0.15) is 68.7 Å². The van der Waals surface area contributed by atoms with E-state index >= 15 is 0 Å². The maximum atomic E-state index is 13.4. The predicted octanol–water partition coefficient (Wildman–Crippen LogP) is 5.38. The minimum Gasteiger partial charge on any atom is -0.368 e. The molecule has 1 aromatic heterocycles. The van der Waals surface area contributed by atoms with Gasteiger partial charge in [-0.15, -0.1) is 0 Å². The summed E-state index contributed by atoms with van der Waals surface area (Å²) in [6.45, 7) is 0.631. The number of rotatable bonds is 3. The van der Waals surface area contributed by atoms with E-state index in [0.717, 1.165) is 57.1 Å². The van der Waals surface area contributed by atoms with Gasteiger partial charge >= 0.3 is 6.18 Å². The van der Waals surface area contributed by atoms with E-state index in [1.165, 1.54) is 12.3 Å². The van der Waals surface area contributed by atoms with E-state index in [0.29, 0.717) is 29.8 Å². The third kappa shape index (κ3) is 4.67. The van der Waals surface area contributed by atoms with E-state index < -0.39 is 11.7 Å². The van der Waals surface area contributed by atoms with Crippen molar-refractivity contribution in [3.8, 4) is 11.1 Å².